The van der Waals surface area contributed by atoms with E-state index in [1.807, 2.05) is 39.0 Å². The van der Waals surface area contributed by atoms with Gasteiger partial charge in [-0.1, -0.05) is 6.07 Å². The number of nitrogens with zero attached hydrogens (tertiary/aromatic N) is 1. The van der Waals surface area contributed by atoms with Crippen LogP contribution in [-0.4, -0.2) is 11.0 Å². The van der Waals surface area contributed by atoms with Gasteiger partial charge in [0.15, 0.2) is 0 Å². The summed E-state index contributed by atoms with van der Waals surface area (Å²) in [6.45, 7) is 5.49. The average molecular weight is 229 g/mol. The molecule has 0 unspecified atom stereocenters. The lowest BCUT2D eigenvalue weighted by Crippen LogP contribution is -2.25. The molecular weight excluding hydrogens is 214 g/mol. The number of hydrogen-bond donors (Lipinski definition) is 0. The zero-order chi connectivity index (χ0) is 12.5. The second-order valence-electron chi connectivity index (χ2n) is 5.02. The van der Waals surface area contributed by atoms with Crippen molar-refractivity contribution in [2.45, 2.75) is 20.8 Å². The van der Waals surface area contributed by atoms with Crippen LogP contribution >= 0.6 is 0 Å². The second kappa shape index (κ2) is 4.17. The van der Waals surface area contributed by atoms with Crippen molar-refractivity contribution in [2.24, 2.45) is 5.41 Å². The maximum absolute atomic E-state index is 11.7. The minimum atomic E-state index is -0.496. The lowest BCUT2D eigenvalue weighted by molar-refractivity contribution is -0.142. The van der Waals surface area contributed by atoms with Gasteiger partial charge in [0.05, 0.1) is 5.41 Å². The number of pyridine rings is 1. The van der Waals surface area contributed by atoms with Crippen LogP contribution in [0.25, 0.3) is 10.8 Å². The van der Waals surface area contributed by atoms with Gasteiger partial charge in [-0.15, -0.1) is 0 Å². The van der Waals surface area contributed by atoms with Gasteiger partial charge < -0.3 is 4.74 Å². The molecule has 2 rings (SSSR count). The van der Waals surface area contributed by atoms with Gasteiger partial charge in [0, 0.05) is 17.8 Å². The SMILES string of the molecule is CC(C)(C)C(=O)Oc1ccc2ccncc2c1. The molecule has 0 atom stereocenters. The van der Waals surface area contributed by atoms with Crippen molar-refractivity contribution in [3.8, 4) is 5.75 Å². The third kappa shape index (κ3) is 2.61. The van der Waals surface area contributed by atoms with Crippen molar-refractivity contribution in [3.05, 3.63) is 36.7 Å². The van der Waals surface area contributed by atoms with E-state index in [1.165, 1.54) is 0 Å². The summed E-state index contributed by atoms with van der Waals surface area (Å²) in [6.07, 6.45) is 3.49. The van der Waals surface area contributed by atoms with Gasteiger partial charge in [-0.3, -0.25) is 9.78 Å². The maximum atomic E-state index is 11.7. The van der Waals surface area contributed by atoms with Crippen molar-refractivity contribution >= 4 is 16.7 Å². The molecule has 0 saturated carbocycles. The number of carbonyl (C=O) groups excluding carboxylic acids is 1. The molecule has 0 N–H and O–H groups in total. The van der Waals surface area contributed by atoms with Gasteiger partial charge >= 0.3 is 5.97 Å². The summed E-state index contributed by atoms with van der Waals surface area (Å²) < 4.78 is 5.32. The summed E-state index contributed by atoms with van der Waals surface area (Å²) in [7, 11) is 0. The molecule has 1 heterocycles. The van der Waals surface area contributed by atoms with E-state index in [4.69, 9.17) is 4.74 Å². The number of carbonyl (C=O) groups is 1. The highest BCUT2D eigenvalue weighted by molar-refractivity contribution is 5.84. The average Bonchev–Trinajstić information content (AvgIpc) is 2.27. The molecule has 3 heteroatoms. The number of ether oxygens (including phenoxy) is 1. The van der Waals surface area contributed by atoms with E-state index in [0.717, 1.165) is 10.8 Å². The predicted molar refractivity (Wildman–Crippen MR) is 66.8 cm³/mol. The second-order valence-corrected chi connectivity index (χ2v) is 5.02. The molecule has 0 saturated heterocycles. The van der Waals surface area contributed by atoms with Gasteiger partial charge in [-0.2, -0.15) is 0 Å². The minimum Gasteiger partial charge on any atom is -0.426 e. The highest BCUT2D eigenvalue weighted by Gasteiger charge is 2.23. The maximum Gasteiger partial charge on any atom is 0.316 e. The van der Waals surface area contributed by atoms with Gasteiger partial charge in [0.2, 0.25) is 0 Å². The number of aromatic nitrogens is 1. The molecule has 0 bridgehead atoms. The Morgan fingerprint density at radius 1 is 1.18 bits per heavy atom. The summed E-state index contributed by atoms with van der Waals surface area (Å²) >= 11 is 0. The van der Waals surface area contributed by atoms with Crippen LogP contribution in [-0.2, 0) is 4.79 Å². The first kappa shape index (κ1) is 11.6. The Morgan fingerprint density at radius 3 is 2.65 bits per heavy atom. The van der Waals surface area contributed by atoms with Gasteiger partial charge in [-0.25, -0.2) is 0 Å². The molecule has 1 aromatic carbocycles. The predicted octanol–water partition coefficient (Wildman–Crippen LogP) is 3.19. The quantitative estimate of drug-likeness (QED) is 0.557. The standard InChI is InChI=1S/C14H15NO2/c1-14(2,3)13(16)17-12-5-4-10-6-7-15-9-11(10)8-12/h4-9H,1-3H3. The number of rotatable bonds is 1. The Balaban J connectivity index is 2.29. The van der Waals surface area contributed by atoms with E-state index in [1.54, 1.807) is 18.5 Å². The molecule has 1 aromatic heterocycles. The molecule has 3 nitrogen and oxygen atoms in total. The van der Waals surface area contributed by atoms with Crippen molar-refractivity contribution in [3.63, 3.8) is 0 Å². The highest BCUT2D eigenvalue weighted by atomic mass is 16.5. The van der Waals surface area contributed by atoms with Crippen LogP contribution in [0.4, 0.5) is 0 Å². The number of fused-ring (bicyclic) bond motifs is 1. The van der Waals surface area contributed by atoms with E-state index in [0.29, 0.717) is 5.75 Å². The summed E-state index contributed by atoms with van der Waals surface area (Å²) in [5.41, 5.74) is -0.496. The van der Waals surface area contributed by atoms with E-state index < -0.39 is 5.41 Å². The summed E-state index contributed by atoms with van der Waals surface area (Å²) in [5, 5.41) is 2.04. The van der Waals surface area contributed by atoms with Crippen molar-refractivity contribution in [1.29, 1.82) is 0 Å². The van der Waals surface area contributed by atoms with Crippen LogP contribution in [0.5, 0.6) is 5.75 Å². The fourth-order valence-corrected chi connectivity index (χ4v) is 1.39. The normalized spacial score (nSPS) is 11.5. The van der Waals surface area contributed by atoms with Crippen molar-refractivity contribution in [1.82, 2.24) is 4.98 Å². The number of hydrogen-bond acceptors (Lipinski definition) is 3. The largest absolute Gasteiger partial charge is 0.426 e. The number of esters is 1. The third-order valence-electron chi connectivity index (χ3n) is 2.43. The van der Waals surface area contributed by atoms with E-state index in [9.17, 15) is 4.79 Å². The van der Waals surface area contributed by atoms with Crippen LogP contribution in [0.15, 0.2) is 36.7 Å². The van der Waals surface area contributed by atoms with E-state index >= 15 is 0 Å². The molecule has 0 aliphatic heterocycles. The van der Waals surface area contributed by atoms with Crippen LogP contribution in [0.2, 0.25) is 0 Å². The fourth-order valence-electron chi connectivity index (χ4n) is 1.39. The van der Waals surface area contributed by atoms with Crippen molar-refractivity contribution < 1.29 is 9.53 Å². The molecule has 0 radical (unpaired) electrons. The van der Waals surface area contributed by atoms with Gasteiger partial charge in [-0.05, 0) is 44.4 Å². The zero-order valence-electron chi connectivity index (χ0n) is 10.2. The first-order valence-corrected chi connectivity index (χ1v) is 5.53. The molecule has 0 aliphatic rings. The Bertz CT molecular complexity index is 555. The molecule has 17 heavy (non-hydrogen) atoms. The summed E-state index contributed by atoms with van der Waals surface area (Å²) in [4.78, 5) is 15.8. The van der Waals surface area contributed by atoms with Crippen LogP contribution < -0.4 is 4.74 Å². The van der Waals surface area contributed by atoms with Crippen LogP contribution in [0, 0.1) is 5.41 Å². The van der Waals surface area contributed by atoms with Crippen molar-refractivity contribution in [2.75, 3.05) is 0 Å². The first-order valence-electron chi connectivity index (χ1n) is 5.53. The lowest BCUT2D eigenvalue weighted by atomic mass is 9.97. The smallest absolute Gasteiger partial charge is 0.316 e. The molecular formula is C14H15NO2. The highest BCUT2D eigenvalue weighted by Crippen LogP contribution is 2.23. The van der Waals surface area contributed by atoms with E-state index in [-0.39, 0.29) is 5.97 Å². The topological polar surface area (TPSA) is 39.2 Å². The molecule has 0 amide bonds. The van der Waals surface area contributed by atoms with Crippen LogP contribution in [0.1, 0.15) is 20.8 Å². The Hall–Kier alpha value is -1.90. The molecule has 0 fully saturated rings. The summed E-state index contributed by atoms with van der Waals surface area (Å²) in [6, 6.07) is 7.46. The monoisotopic (exact) mass is 229 g/mol. The molecule has 88 valence electrons. The van der Waals surface area contributed by atoms with Crippen LogP contribution in [0.3, 0.4) is 0 Å². The van der Waals surface area contributed by atoms with E-state index in [2.05, 4.69) is 4.98 Å². The minimum absolute atomic E-state index is 0.235. The molecule has 0 aliphatic carbocycles. The first-order chi connectivity index (χ1) is 7.97. The summed E-state index contributed by atoms with van der Waals surface area (Å²) in [5.74, 6) is 0.325. The lowest BCUT2D eigenvalue weighted by Gasteiger charge is -2.16. The Morgan fingerprint density at radius 2 is 1.94 bits per heavy atom. The van der Waals surface area contributed by atoms with Gasteiger partial charge in [0.25, 0.3) is 0 Å². The molecule has 2 aromatic rings. The zero-order valence-corrected chi connectivity index (χ0v) is 10.2. The Kier molecular flexibility index (Phi) is 2.84. The Labute approximate surface area is 100 Å². The van der Waals surface area contributed by atoms with Gasteiger partial charge in [0.1, 0.15) is 5.75 Å². The fraction of sp³-hybridized carbons (Fsp3) is 0.286. The molecule has 0 spiro atoms. The number of benzene rings is 1. The third-order valence-corrected chi connectivity index (χ3v) is 2.43.